The maximum absolute atomic E-state index is 12.1. The molecule has 2 heteroatoms. The molecular formula is C12H20O2. The number of aliphatic hydroxyl groups excluding tert-OH is 1. The van der Waals surface area contributed by atoms with E-state index in [2.05, 4.69) is 20.8 Å². The molecule has 0 aromatic rings. The van der Waals surface area contributed by atoms with Crippen molar-refractivity contribution in [3.8, 4) is 0 Å². The van der Waals surface area contributed by atoms with Crippen LogP contribution >= 0.6 is 0 Å². The molecular weight excluding hydrogens is 176 g/mol. The van der Waals surface area contributed by atoms with Gasteiger partial charge in [-0.1, -0.05) is 20.8 Å². The Labute approximate surface area is 85.7 Å². The van der Waals surface area contributed by atoms with Crippen molar-refractivity contribution in [1.29, 1.82) is 0 Å². The molecule has 0 saturated heterocycles. The summed E-state index contributed by atoms with van der Waals surface area (Å²) < 4.78 is 0. The lowest BCUT2D eigenvalue weighted by molar-refractivity contribution is -0.170. The SMILES string of the molecule is CC(C)C1CC[C@@]2(C)[C@@H](O)C[C@H]2C1=O. The predicted octanol–water partition coefficient (Wildman–Crippen LogP) is 2.01. The van der Waals surface area contributed by atoms with Crippen LogP contribution in [0.5, 0.6) is 0 Å². The van der Waals surface area contributed by atoms with Crippen LogP contribution in [-0.4, -0.2) is 17.0 Å². The van der Waals surface area contributed by atoms with Crippen LogP contribution in [0.25, 0.3) is 0 Å². The summed E-state index contributed by atoms with van der Waals surface area (Å²) in [5.74, 6) is 1.28. The Morgan fingerprint density at radius 2 is 2.14 bits per heavy atom. The Hall–Kier alpha value is -0.370. The van der Waals surface area contributed by atoms with Crippen molar-refractivity contribution in [2.24, 2.45) is 23.2 Å². The molecule has 2 saturated carbocycles. The van der Waals surface area contributed by atoms with Crippen LogP contribution in [0.1, 0.15) is 40.0 Å². The van der Waals surface area contributed by atoms with E-state index in [0.717, 1.165) is 12.8 Å². The average Bonchev–Trinajstić information content (AvgIpc) is 2.11. The zero-order chi connectivity index (χ0) is 10.5. The first-order valence-corrected chi connectivity index (χ1v) is 5.68. The lowest BCUT2D eigenvalue weighted by atomic mass is 9.50. The summed E-state index contributed by atoms with van der Waals surface area (Å²) in [5.41, 5.74) is -0.0809. The minimum atomic E-state index is -0.232. The van der Waals surface area contributed by atoms with Crippen molar-refractivity contribution in [3.05, 3.63) is 0 Å². The molecule has 2 aliphatic carbocycles. The highest BCUT2D eigenvalue weighted by molar-refractivity contribution is 5.86. The van der Waals surface area contributed by atoms with Gasteiger partial charge in [-0.25, -0.2) is 0 Å². The minimum Gasteiger partial charge on any atom is -0.393 e. The second-order valence-corrected chi connectivity index (χ2v) is 5.60. The van der Waals surface area contributed by atoms with Gasteiger partial charge in [0.25, 0.3) is 0 Å². The molecule has 0 aromatic heterocycles. The summed E-state index contributed by atoms with van der Waals surface area (Å²) in [5, 5.41) is 9.69. The lowest BCUT2D eigenvalue weighted by Crippen LogP contribution is -2.59. The molecule has 14 heavy (non-hydrogen) atoms. The number of carbonyl (C=O) groups is 1. The summed E-state index contributed by atoms with van der Waals surface area (Å²) in [7, 11) is 0. The number of fused-ring (bicyclic) bond motifs is 1. The van der Waals surface area contributed by atoms with Gasteiger partial charge < -0.3 is 5.11 Å². The van der Waals surface area contributed by atoms with Crippen molar-refractivity contribution in [2.45, 2.75) is 46.1 Å². The molecule has 0 heterocycles. The first-order chi connectivity index (χ1) is 6.47. The third-order valence-electron chi connectivity index (χ3n) is 4.52. The monoisotopic (exact) mass is 196 g/mol. The molecule has 1 N–H and O–H groups in total. The zero-order valence-electron chi connectivity index (χ0n) is 9.29. The Kier molecular flexibility index (Phi) is 2.22. The number of aliphatic hydroxyl groups is 1. The van der Waals surface area contributed by atoms with Gasteiger partial charge in [0.1, 0.15) is 5.78 Å². The van der Waals surface area contributed by atoms with Crippen LogP contribution in [0, 0.1) is 23.2 Å². The van der Waals surface area contributed by atoms with Crippen molar-refractivity contribution in [1.82, 2.24) is 0 Å². The third-order valence-corrected chi connectivity index (χ3v) is 4.52. The third kappa shape index (κ3) is 1.16. The van der Waals surface area contributed by atoms with Crippen LogP contribution in [0.4, 0.5) is 0 Å². The number of hydrogen-bond acceptors (Lipinski definition) is 2. The smallest absolute Gasteiger partial charge is 0.140 e. The number of hydrogen-bond donors (Lipinski definition) is 1. The molecule has 4 atom stereocenters. The van der Waals surface area contributed by atoms with Crippen LogP contribution in [-0.2, 0) is 4.79 Å². The molecule has 2 fully saturated rings. The van der Waals surface area contributed by atoms with Gasteiger partial charge in [0.2, 0.25) is 0 Å². The quantitative estimate of drug-likeness (QED) is 0.696. The Bertz CT molecular complexity index is 259. The van der Waals surface area contributed by atoms with E-state index in [1.165, 1.54) is 0 Å². The van der Waals surface area contributed by atoms with Gasteiger partial charge in [-0.2, -0.15) is 0 Å². The van der Waals surface area contributed by atoms with E-state index in [9.17, 15) is 9.90 Å². The predicted molar refractivity (Wildman–Crippen MR) is 54.8 cm³/mol. The first-order valence-electron chi connectivity index (χ1n) is 5.68. The van der Waals surface area contributed by atoms with Gasteiger partial charge in [-0.3, -0.25) is 4.79 Å². The summed E-state index contributed by atoms with van der Waals surface area (Å²) in [6.07, 6.45) is 2.47. The fraction of sp³-hybridized carbons (Fsp3) is 0.917. The number of ketones is 1. The van der Waals surface area contributed by atoms with Crippen molar-refractivity contribution < 1.29 is 9.90 Å². The van der Waals surface area contributed by atoms with E-state index in [0.29, 0.717) is 18.1 Å². The van der Waals surface area contributed by atoms with E-state index in [1.54, 1.807) is 0 Å². The molecule has 0 spiro atoms. The number of rotatable bonds is 1. The van der Waals surface area contributed by atoms with Gasteiger partial charge in [-0.15, -0.1) is 0 Å². The molecule has 1 unspecified atom stereocenters. The van der Waals surface area contributed by atoms with Crippen LogP contribution < -0.4 is 0 Å². The fourth-order valence-electron chi connectivity index (χ4n) is 3.14. The first kappa shape index (κ1) is 10.2. The second-order valence-electron chi connectivity index (χ2n) is 5.60. The Morgan fingerprint density at radius 3 is 2.64 bits per heavy atom. The minimum absolute atomic E-state index is 0.0809. The van der Waals surface area contributed by atoms with Crippen LogP contribution in [0.15, 0.2) is 0 Å². The van der Waals surface area contributed by atoms with Crippen LogP contribution in [0.3, 0.4) is 0 Å². The van der Waals surface area contributed by atoms with E-state index < -0.39 is 0 Å². The van der Waals surface area contributed by atoms with Gasteiger partial charge in [-0.05, 0) is 25.2 Å². The molecule has 0 radical (unpaired) electrons. The van der Waals surface area contributed by atoms with E-state index in [-0.39, 0.29) is 23.4 Å². The van der Waals surface area contributed by atoms with Crippen molar-refractivity contribution in [3.63, 3.8) is 0 Å². The highest BCUT2D eigenvalue weighted by Gasteiger charge is 2.57. The Morgan fingerprint density at radius 1 is 1.50 bits per heavy atom. The molecule has 2 nitrogen and oxygen atoms in total. The number of carbonyl (C=O) groups excluding carboxylic acids is 1. The molecule has 2 rings (SSSR count). The molecule has 2 aliphatic rings. The van der Waals surface area contributed by atoms with E-state index in [1.807, 2.05) is 0 Å². The van der Waals surface area contributed by atoms with Crippen molar-refractivity contribution in [2.75, 3.05) is 0 Å². The fourth-order valence-corrected chi connectivity index (χ4v) is 3.14. The van der Waals surface area contributed by atoms with Gasteiger partial charge in [0, 0.05) is 17.3 Å². The van der Waals surface area contributed by atoms with Crippen molar-refractivity contribution >= 4 is 5.78 Å². The molecule has 0 bridgehead atoms. The normalized spacial score (nSPS) is 47.5. The highest BCUT2D eigenvalue weighted by atomic mass is 16.3. The maximum atomic E-state index is 12.1. The van der Waals surface area contributed by atoms with Gasteiger partial charge in [0.15, 0.2) is 0 Å². The topological polar surface area (TPSA) is 37.3 Å². The second kappa shape index (κ2) is 3.06. The molecule has 0 aliphatic heterocycles. The average molecular weight is 196 g/mol. The molecule has 0 aromatic carbocycles. The van der Waals surface area contributed by atoms with Gasteiger partial charge >= 0.3 is 0 Å². The van der Waals surface area contributed by atoms with E-state index in [4.69, 9.17) is 0 Å². The molecule has 0 amide bonds. The summed E-state index contributed by atoms with van der Waals surface area (Å²) >= 11 is 0. The maximum Gasteiger partial charge on any atom is 0.140 e. The highest BCUT2D eigenvalue weighted by Crippen LogP contribution is 2.55. The van der Waals surface area contributed by atoms with Crippen LogP contribution in [0.2, 0.25) is 0 Å². The summed E-state index contributed by atoms with van der Waals surface area (Å²) in [6.45, 7) is 6.32. The largest absolute Gasteiger partial charge is 0.393 e. The summed E-state index contributed by atoms with van der Waals surface area (Å²) in [6, 6.07) is 0. The number of Topliss-reactive ketones (excluding diaryl/α,β-unsaturated/α-hetero) is 1. The molecule has 80 valence electrons. The zero-order valence-corrected chi connectivity index (χ0v) is 9.29. The summed E-state index contributed by atoms with van der Waals surface area (Å²) in [4.78, 5) is 12.1. The lowest BCUT2D eigenvalue weighted by Gasteiger charge is -2.55. The van der Waals surface area contributed by atoms with Gasteiger partial charge in [0.05, 0.1) is 6.10 Å². The Balaban J connectivity index is 2.14. The van der Waals surface area contributed by atoms with E-state index >= 15 is 0 Å². The standard InChI is InChI=1S/C12H20O2/c1-7(2)8-4-5-12(3)9(11(8)14)6-10(12)13/h7-10,13H,4-6H2,1-3H3/t8?,9-,10-,12+/m0/s1.